The van der Waals surface area contributed by atoms with Crippen molar-refractivity contribution in [1.82, 2.24) is 10.2 Å². The summed E-state index contributed by atoms with van der Waals surface area (Å²) in [5, 5.41) is 6.69. The van der Waals surface area contributed by atoms with Gasteiger partial charge in [0, 0.05) is 20.4 Å². The number of nitrogens with one attached hydrogen (secondary N) is 1. The molecular formula is C6H7N2ReS-. The van der Waals surface area contributed by atoms with E-state index in [0.717, 1.165) is 11.4 Å². The van der Waals surface area contributed by atoms with Crippen molar-refractivity contribution in [1.29, 1.82) is 0 Å². The van der Waals surface area contributed by atoms with Crippen molar-refractivity contribution in [3.8, 4) is 0 Å². The van der Waals surface area contributed by atoms with E-state index in [9.17, 15) is 0 Å². The Morgan fingerprint density at radius 1 is 1.50 bits per heavy atom. The molecule has 0 spiro atoms. The largest absolute Gasteiger partial charge is 0.319 e. The van der Waals surface area contributed by atoms with Gasteiger partial charge in [-0.15, -0.1) is 16.7 Å². The molecule has 0 saturated carbocycles. The van der Waals surface area contributed by atoms with Gasteiger partial charge in [0.1, 0.15) is 0 Å². The van der Waals surface area contributed by atoms with Gasteiger partial charge in [-0.25, -0.2) is 6.07 Å². The van der Waals surface area contributed by atoms with E-state index in [1.54, 1.807) is 0 Å². The molecule has 0 bridgehead atoms. The Kier molecular flexibility index (Phi) is 3.96. The number of rotatable bonds is 0. The molecule has 55 valence electrons. The summed E-state index contributed by atoms with van der Waals surface area (Å²) < 4.78 is 0.700. The third kappa shape index (κ3) is 2.30. The summed E-state index contributed by atoms with van der Waals surface area (Å²) in [5.74, 6) is 0. The van der Waals surface area contributed by atoms with E-state index >= 15 is 0 Å². The summed E-state index contributed by atoms with van der Waals surface area (Å²) >= 11 is 4.90. The van der Waals surface area contributed by atoms with Crippen LogP contribution in [0.25, 0.3) is 0 Å². The summed E-state index contributed by atoms with van der Waals surface area (Å²) in [6.07, 6.45) is 0. The number of aromatic nitrogens is 2. The second kappa shape index (κ2) is 3.97. The van der Waals surface area contributed by atoms with Crippen LogP contribution in [0.2, 0.25) is 0 Å². The Morgan fingerprint density at radius 2 is 2.10 bits per heavy atom. The number of aromatic amines is 1. The van der Waals surface area contributed by atoms with Gasteiger partial charge < -0.3 is 5.10 Å². The van der Waals surface area contributed by atoms with Crippen molar-refractivity contribution in [2.45, 2.75) is 13.8 Å². The van der Waals surface area contributed by atoms with E-state index in [4.69, 9.17) is 12.2 Å². The van der Waals surface area contributed by atoms with Crippen molar-refractivity contribution >= 4 is 12.2 Å². The monoisotopic (exact) mass is 326 g/mol. The molecule has 1 aromatic rings. The molecule has 1 rings (SSSR count). The third-order valence-electron chi connectivity index (χ3n) is 1.02. The second-order valence-corrected chi connectivity index (χ2v) is 2.30. The van der Waals surface area contributed by atoms with Gasteiger partial charge in [-0.1, -0.05) is 18.3 Å². The van der Waals surface area contributed by atoms with Crippen LogP contribution in [0.15, 0.2) is 0 Å². The molecule has 0 saturated heterocycles. The van der Waals surface area contributed by atoms with Crippen molar-refractivity contribution in [2.75, 3.05) is 0 Å². The predicted octanol–water partition coefficient (Wildman–Crippen LogP) is 1.55. The molecule has 0 fully saturated rings. The Hall–Kier alpha value is -0.0377. The van der Waals surface area contributed by atoms with E-state index < -0.39 is 0 Å². The minimum absolute atomic E-state index is 0. The standard InChI is InChI=1S/C6H7N2S.Re/c1-4-3-6(9)5(2)8-7-4;/h1-2H3,(H,7,9);/q-1;. The number of H-pyrrole nitrogens is 1. The Labute approximate surface area is 78.7 Å². The summed E-state index contributed by atoms with van der Waals surface area (Å²) in [5.41, 5.74) is 1.71. The van der Waals surface area contributed by atoms with Gasteiger partial charge in [0.25, 0.3) is 0 Å². The fourth-order valence-corrected chi connectivity index (χ4v) is 0.706. The Morgan fingerprint density at radius 3 is 2.50 bits per heavy atom. The molecule has 1 aromatic heterocycles. The fraction of sp³-hybridized carbons (Fsp3) is 0.333. The van der Waals surface area contributed by atoms with Gasteiger partial charge in [-0.3, -0.25) is 5.10 Å². The second-order valence-electron chi connectivity index (χ2n) is 1.89. The van der Waals surface area contributed by atoms with Crippen LogP contribution in [0.3, 0.4) is 0 Å². The molecule has 0 atom stereocenters. The maximum absolute atomic E-state index is 4.90. The molecule has 4 heteroatoms. The summed E-state index contributed by atoms with van der Waals surface area (Å²) in [7, 11) is 0. The third-order valence-corrected chi connectivity index (χ3v) is 1.42. The zero-order valence-corrected chi connectivity index (χ0v) is 9.27. The molecule has 1 heterocycles. The van der Waals surface area contributed by atoms with Gasteiger partial charge >= 0.3 is 0 Å². The molecule has 10 heavy (non-hydrogen) atoms. The van der Waals surface area contributed by atoms with Gasteiger partial charge in [0.05, 0.1) is 0 Å². The smallest absolute Gasteiger partial charge is 0 e. The van der Waals surface area contributed by atoms with E-state index in [2.05, 4.69) is 16.3 Å². The Bertz CT molecular complexity index is 269. The summed E-state index contributed by atoms with van der Waals surface area (Å²) in [6.45, 7) is 3.73. The molecule has 0 aliphatic rings. The topological polar surface area (TPSA) is 28.7 Å². The minimum Gasteiger partial charge on any atom is -0.319 e. The van der Waals surface area contributed by atoms with Crippen LogP contribution in [0.5, 0.6) is 0 Å². The van der Waals surface area contributed by atoms with Crippen LogP contribution in [0.1, 0.15) is 11.4 Å². The van der Waals surface area contributed by atoms with Crippen molar-refractivity contribution in [3.63, 3.8) is 0 Å². The van der Waals surface area contributed by atoms with Crippen molar-refractivity contribution in [2.24, 2.45) is 0 Å². The maximum atomic E-state index is 4.90. The molecule has 0 aromatic carbocycles. The minimum atomic E-state index is 0. The summed E-state index contributed by atoms with van der Waals surface area (Å²) in [6, 6.07) is 2.94. The average Bonchev–Trinajstić information content (AvgIpc) is 1.80. The molecule has 0 amide bonds. The van der Waals surface area contributed by atoms with Crippen molar-refractivity contribution in [3.05, 3.63) is 22.0 Å². The molecule has 0 aliphatic heterocycles. The number of aryl methyl sites for hydroxylation is 2. The molecule has 1 N–H and O–H groups in total. The van der Waals surface area contributed by atoms with Crippen molar-refractivity contribution < 1.29 is 20.4 Å². The van der Waals surface area contributed by atoms with Gasteiger partial charge in [-0.05, 0) is 6.92 Å². The molecule has 2 nitrogen and oxygen atoms in total. The van der Waals surface area contributed by atoms with Crippen LogP contribution in [0, 0.1) is 24.4 Å². The van der Waals surface area contributed by atoms with Gasteiger partial charge in [0.15, 0.2) is 0 Å². The first-order valence-electron chi connectivity index (χ1n) is 2.65. The first kappa shape index (κ1) is 9.96. The van der Waals surface area contributed by atoms with E-state index in [0.29, 0.717) is 4.51 Å². The molecular weight excluding hydrogens is 318 g/mol. The fourth-order valence-electron chi connectivity index (χ4n) is 0.507. The predicted molar refractivity (Wildman–Crippen MR) is 37.7 cm³/mol. The number of hydrogen-bond acceptors (Lipinski definition) is 2. The van der Waals surface area contributed by atoms with Crippen LogP contribution in [0.4, 0.5) is 0 Å². The van der Waals surface area contributed by atoms with E-state index in [-0.39, 0.29) is 20.4 Å². The molecule has 1 radical (unpaired) electrons. The van der Waals surface area contributed by atoms with Crippen LogP contribution >= 0.6 is 12.2 Å². The quantitative estimate of drug-likeness (QED) is 0.579. The first-order valence-corrected chi connectivity index (χ1v) is 3.06. The van der Waals surface area contributed by atoms with E-state index in [1.807, 2.05) is 13.8 Å². The normalized spacial score (nSPS) is 8.60. The van der Waals surface area contributed by atoms with Gasteiger partial charge in [0.2, 0.25) is 0 Å². The van der Waals surface area contributed by atoms with Crippen LogP contribution < -0.4 is 0 Å². The zero-order valence-electron chi connectivity index (χ0n) is 5.73. The van der Waals surface area contributed by atoms with E-state index in [1.165, 1.54) is 0 Å². The first-order chi connectivity index (χ1) is 4.20. The zero-order chi connectivity index (χ0) is 6.85. The average molecular weight is 325 g/mol. The number of nitrogens with zero attached hydrogens (tertiary/aromatic N) is 1. The van der Waals surface area contributed by atoms with Crippen LogP contribution in [-0.2, 0) is 20.4 Å². The van der Waals surface area contributed by atoms with Crippen LogP contribution in [-0.4, -0.2) is 10.2 Å². The maximum Gasteiger partial charge on any atom is 0 e. The number of hydrogen-bond donors (Lipinski definition) is 1. The molecule has 0 aliphatic carbocycles. The molecule has 0 unspecified atom stereocenters. The SMILES string of the molecule is Cc1[c-]c(=S)c(C)n[nH]1.[Re]. The van der Waals surface area contributed by atoms with Gasteiger partial charge in [-0.2, -0.15) is 0 Å². The Balaban J connectivity index is 0.000000810. The summed E-state index contributed by atoms with van der Waals surface area (Å²) in [4.78, 5) is 0.